The SMILES string of the molecule is Cc1ccsc1C1CNC2CCCCC2CO1. The van der Waals surface area contributed by atoms with E-state index in [4.69, 9.17) is 4.74 Å². The standard InChI is InChI=1S/C14H21NOS/c1-10-6-7-17-14(10)13-8-15-12-5-3-2-4-11(12)9-16-13/h6-7,11-13,15H,2-5,8-9H2,1H3. The van der Waals surface area contributed by atoms with Crippen LogP contribution in [-0.2, 0) is 4.74 Å². The van der Waals surface area contributed by atoms with Crippen LogP contribution in [-0.4, -0.2) is 19.2 Å². The van der Waals surface area contributed by atoms with Gasteiger partial charge in [0.05, 0.1) is 6.61 Å². The van der Waals surface area contributed by atoms with Crippen LogP contribution in [0.5, 0.6) is 0 Å². The van der Waals surface area contributed by atoms with Gasteiger partial charge in [-0.05, 0) is 42.7 Å². The van der Waals surface area contributed by atoms with E-state index in [1.54, 1.807) is 0 Å². The van der Waals surface area contributed by atoms with Crippen molar-refractivity contribution >= 4 is 11.3 Å². The lowest BCUT2D eigenvalue weighted by molar-refractivity contribution is 0.0418. The summed E-state index contributed by atoms with van der Waals surface area (Å²) < 4.78 is 6.15. The van der Waals surface area contributed by atoms with Crippen molar-refractivity contribution in [2.24, 2.45) is 5.92 Å². The Balaban J connectivity index is 1.71. The highest BCUT2D eigenvalue weighted by Crippen LogP contribution is 2.32. The number of fused-ring (bicyclic) bond motifs is 1. The lowest BCUT2D eigenvalue weighted by Crippen LogP contribution is -2.38. The Morgan fingerprint density at radius 2 is 2.24 bits per heavy atom. The van der Waals surface area contributed by atoms with Crippen molar-refractivity contribution < 1.29 is 4.74 Å². The molecule has 0 bridgehead atoms. The van der Waals surface area contributed by atoms with Crippen molar-refractivity contribution in [3.63, 3.8) is 0 Å². The maximum atomic E-state index is 6.15. The van der Waals surface area contributed by atoms with E-state index >= 15 is 0 Å². The topological polar surface area (TPSA) is 21.3 Å². The van der Waals surface area contributed by atoms with Crippen molar-refractivity contribution in [3.05, 3.63) is 21.9 Å². The summed E-state index contributed by atoms with van der Waals surface area (Å²) in [5.41, 5.74) is 1.38. The number of rotatable bonds is 1. The van der Waals surface area contributed by atoms with Gasteiger partial charge in [0.1, 0.15) is 6.10 Å². The molecule has 2 nitrogen and oxygen atoms in total. The average molecular weight is 251 g/mol. The van der Waals surface area contributed by atoms with Gasteiger partial charge in [-0.15, -0.1) is 11.3 Å². The Kier molecular flexibility index (Phi) is 3.50. The second-order valence-electron chi connectivity index (χ2n) is 5.35. The molecular formula is C14H21NOS. The van der Waals surface area contributed by atoms with E-state index in [-0.39, 0.29) is 6.10 Å². The number of thiophene rings is 1. The Labute approximate surface area is 107 Å². The quantitative estimate of drug-likeness (QED) is 0.827. The second kappa shape index (κ2) is 5.09. The van der Waals surface area contributed by atoms with Gasteiger partial charge in [0, 0.05) is 17.5 Å². The van der Waals surface area contributed by atoms with Crippen molar-refractivity contribution in [2.45, 2.75) is 44.8 Å². The number of aryl methyl sites for hydroxylation is 1. The maximum absolute atomic E-state index is 6.15. The normalized spacial score (nSPS) is 34.1. The van der Waals surface area contributed by atoms with Gasteiger partial charge in [-0.25, -0.2) is 0 Å². The molecule has 0 amide bonds. The van der Waals surface area contributed by atoms with Crippen LogP contribution < -0.4 is 5.32 Å². The molecule has 1 aromatic rings. The van der Waals surface area contributed by atoms with Crippen molar-refractivity contribution in [2.75, 3.05) is 13.2 Å². The summed E-state index contributed by atoms with van der Waals surface area (Å²) in [5.74, 6) is 0.744. The van der Waals surface area contributed by atoms with Crippen LogP contribution in [0.15, 0.2) is 11.4 Å². The van der Waals surface area contributed by atoms with E-state index in [1.165, 1.54) is 36.1 Å². The Morgan fingerprint density at radius 3 is 3.06 bits per heavy atom. The predicted octanol–water partition coefficient (Wildman–Crippen LogP) is 3.28. The molecule has 94 valence electrons. The zero-order chi connectivity index (χ0) is 11.7. The van der Waals surface area contributed by atoms with Crippen LogP contribution in [0.1, 0.15) is 42.2 Å². The minimum atomic E-state index is 0.278. The fourth-order valence-corrected chi connectivity index (χ4v) is 4.09. The first-order chi connectivity index (χ1) is 8.34. The molecule has 2 heterocycles. The third kappa shape index (κ3) is 2.42. The molecule has 1 saturated carbocycles. The molecule has 3 rings (SSSR count). The Hall–Kier alpha value is -0.380. The van der Waals surface area contributed by atoms with E-state index in [0.29, 0.717) is 6.04 Å². The van der Waals surface area contributed by atoms with Gasteiger partial charge < -0.3 is 10.1 Å². The molecule has 2 fully saturated rings. The molecule has 1 aliphatic heterocycles. The molecule has 1 saturated heterocycles. The molecule has 3 heteroatoms. The lowest BCUT2D eigenvalue weighted by atomic mass is 9.85. The molecule has 1 N–H and O–H groups in total. The van der Waals surface area contributed by atoms with Gasteiger partial charge in [0.15, 0.2) is 0 Å². The first-order valence-electron chi connectivity index (χ1n) is 6.73. The minimum Gasteiger partial charge on any atom is -0.371 e. The molecule has 2 aliphatic rings. The summed E-state index contributed by atoms with van der Waals surface area (Å²) in [6.45, 7) is 4.12. The van der Waals surface area contributed by atoms with Gasteiger partial charge >= 0.3 is 0 Å². The average Bonchev–Trinajstić information content (AvgIpc) is 2.66. The first-order valence-corrected chi connectivity index (χ1v) is 7.61. The fourth-order valence-electron chi connectivity index (χ4n) is 3.12. The summed E-state index contributed by atoms with van der Waals surface area (Å²) in [5, 5.41) is 5.90. The van der Waals surface area contributed by atoms with Gasteiger partial charge in [0.2, 0.25) is 0 Å². The molecule has 0 radical (unpaired) electrons. The van der Waals surface area contributed by atoms with E-state index < -0.39 is 0 Å². The number of ether oxygens (including phenoxy) is 1. The smallest absolute Gasteiger partial charge is 0.104 e. The molecule has 1 aliphatic carbocycles. The lowest BCUT2D eigenvalue weighted by Gasteiger charge is -2.29. The maximum Gasteiger partial charge on any atom is 0.104 e. The summed E-state index contributed by atoms with van der Waals surface area (Å²) in [6, 6.07) is 2.90. The summed E-state index contributed by atoms with van der Waals surface area (Å²) >= 11 is 1.83. The summed E-state index contributed by atoms with van der Waals surface area (Å²) in [7, 11) is 0. The van der Waals surface area contributed by atoms with Crippen molar-refractivity contribution in [1.29, 1.82) is 0 Å². The highest BCUT2D eigenvalue weighted by Gasteiger charge is 2.30. The molecule has 0 aromatic carbocycles. The van der Waals surface area contributed by atoms with Crippen LogP contribution in [0.3, 0.4) is 0 Å². The predicted molar refractivity (Wildman–Crippen MR) is 71.5 cm³/mol. The first kappa shape index (κ1) is 11.7. The number of hydrogen-bond donors (Lipinski definition) is 1. The van der Waals surface area contributed by atoms with Crippen LogP contribution in [0.2, 0.25) is 0 Å². The monoisotopic (exact) mass is 251 g/mol. The molecule has 3 unspecified atom stereocenters. The van der Waals surface area contributed by atoms with E-state index in [9.17, 15) is 0 Å². The van der Waals surface area contributed by atoms with E-state index in [0.717, 1.165) is 19.1 Å². The molecule has 17 heavy (non-hydrogen) atoms. The second-order valence-corrected chi connectivity index (χ2v) is 6.30. The highest BCUT2D eigenvalue weighted by molar-refractivity contribution is 7.10. The minimum absolute atomic E-state index is 0.278. The van der Waals surface area contributed by atoms with Crippen LogP contribution in [0, 0.1) is 12.8 Å². The van der Waals surface area contributed by atoms with Crippen LogP contribution in [0.4, 0.5) is 0 Å². The zero-order valence-corrected chi connectivity index (χ0v) is 11.3. The molecule has 1 aromatic heterocycles. The third-order valence-corrected chi connectivity index (χ3v) is 5.29. The fraction of sp³-hybridized carbons (Fsp3) is 0.714. The number of nitrogens with one attached hydrogen (secondary N) is 1. The van der Waals surface area contributed by atoms with Crippen LogP contribution >= 0.6 is 11.3 Å². The van der Waals surface area contributed by atoms with E-state index in [1.807, 2.05) is 11.3 Å². The number of hydrogen-bond acceptors (Lipinski definition) is 3. The van der Waals surface area contributed by atoms with Crippen LogP contribution in [0.25, 0.3) is 0 Å². The highest BCUT2D eigenvalue weighted by atomic mass is 32.1. The van der Waals surface area contributed by atoms with Gasteiger partial charge in [-0.3, -0.25) is 0 Å². The summed E-state index contributed by atoms with van der Waals surface area (Å²) in [4.78, 5) is 1.41. The summed E-state index contributed by atoms with van der Waals surface area (Å²) in [6.07, 6.45) is 5.73. The molecule has 3 atom stereocenters. The van der Waals surface area contributed by atoms with Gasteiger partial charge in [-0.2, -0.15) is 0 Å². The van der Waals surface area contributed by atoms with Crippen molar-refractivity contribution in [1.82, 2.24) is 5.32 Å². The third-order valence-electron chi connectivity index (χ3n) is 4.18. The van der Waals surface area contributed by atoms with E-state index in [2.05, 4.69) is 23.7 Å². The molecular weight excluding hydrogens is 230 g/mol. The largest absolute Gasteiger partial charge is 0.371 e. The van der Waals surface area contributed by atoms with Crippen molar-refractivity contribution in [3.8, 4) is 0 Å². The van der Waals surface area contributed by atoms with Gasteiger partial charge in [0.25, 0.3) is 0 Å². The van der Waals surface area contributed by atoms with Gasteiger partial charge in [-0.1, -0.05) is 12.8 Å². The zero-order valence-electron chi connectivity index (χ0n) is 10.4. The molecule has 0 spiro atoms. The Morgan fingerprint density at radius 1 is 1.35 bits per heavy atom. The Bertz CT molecular complexity index is 360.